The minimum Gasteiger partial charge on any atom is -0.355 e. The number of nitrogens with zero attached hydrogens (tertiary/aromatic N) is 2. The number of carbonyl (C=O) groups is 1. The van der Waals surface area contributed by atoms with Crippen LogP contribution in [0.2, 0.25) is 0 Å². The second kappa shape index (κ2) is 6.42. The van der Waals surface area contributed by atoms with E-state index in [-0.39, 0.29) is 17.6 Å². The van der Waals surface area contributed by atoms with Gasteiger partial charge in [-0.25, -0.2) is 12.7 Å². The third kappa shape index (κ3) is 3.80. The molecule has 3 rings (SSSR count). The van der Waals surface area contributed by atoms with Crippen molar-refractivity contribution in [2.45, 2.75) is 18.9 Å². The van der Waals surface area contributed by atoms with Gasteiger partial charge in [-0.3, -0.25) is 4.79 Å². The summed E-state index contributed by atoms with van der Waals surface area (Å²) in [7, 11) is -3.24. The number of hydrogen-bond donors (Lipinski definition) is 1. The van der Waals surface area contributed by atoms with Gasteiger partial charge in [0.25, 0.3) is 5.91 Å². The molecule has 1 atom stereocenters. The van der Waals surface area contributed by atoms with Crippen LogP contribution in [0, 0.1) is 0 Å². The molecule has 124 valence electrons. The molecular formula is C14H17N3O4S2. The first-order chi connectivity index (χ1) is 10.9. The standard InChI is InChI=1S/C14H17N3O4S2/c1-23(19,20)17-6-2-4-10(9-17)15-14(18)11-8-12(21-16-11)13-5-3-7-22-13/h3,5,7-8,10H,2,4,6,9H2,1H3,(H,15,18). The number of aromatic nitrogens is 1. The molecule has 1 aliphatic heterocycles. The summed E-state index contributed by atoms with van der Waals surface area (Å²) in [6.07, 6.45) is 2.65. The van der Waals surface area contributed by atoms with Crippen molar-refractivity contribution in [1.29, 1.82) is 0 Å². The first-order valence-corrected chi connectivity index (χ1v) is 9.93. The largest absolute Gasteiger partial charge is 0.355 e. The lowest BCUT2D eigenvalue weighted by Gasteiger charge is -2.31. The number of rotatable bonds is 4. The summed E-state index contributed by atoms with van der Waals surface area (Å²) in [5.74, 6) is 0.198. The summed E-state index contributed by atoms with van der Waals surface area (Å²) in [5, 5.41) is 8.54. The molecule has 9 heteroatoms. The summed E-state index contributed by atoms with van der Waals surface area (Å²) >= 11 is 1.50. The Bertz CT molecular complexity index is 783. The number of hydrogen-bond acceptors (Lipinski definition) is 6. The van der Waals surface area contributed by atoms with Gasteiger partial charge in [-0.15, -0.1) is 11.3 Å². The van der Waals surface area contributed by atoms with Gasteiger partial charge in [-0.1, -0.05) is 11.2 Å². The lowest BCUT2D eigenvalue weighted by molar-refractivity contribution is 0.0912. The second-order valence-corrected chi connectivity index (χ2v) is 8.42. The van der Waals surface area contributed by atoms with Crippen molar-refractivity contribution >= 4 is 27.3 Å². The zero-order valence-corrected chi connectivity index (χ0v) is 14.2. The highest BCUT2D eigenvalue weighted by atomic mass is 32.2. The molecule has 1 unspecified atom stereocenters. The van der Waals surface area contributed by atoms with Crippen molar-refractivity contribution in [2.75, 3.05) is 19.3 Å². The van der Waals surface area contributed by atoms with Crippen molar-refractivity contribution in [3.05, 3.63) is 29.3 Å². The van der Waals surface area contributed by atoms with Gasteiger partial charge in [0.2, 0.25) is 10.0 Å². The van der Waals surface area contributed by atoms with Gasteiger partial charge in [-0.05, 0) is 24.3 Å². The van der Waals surface area contributed by atoms with Crippen LogP contribution < -0.4 is 5.32 Å². The number of sulfonamides is 1. The van der Waals surface area contributed by atoms with Crippen LogP contribution in [-0.2, 0) is 10.0 Å². The van der Waals surface area contributed by atoms with Gasteiger partial charge >= 0.3 is 0 Å². The minimum absolute atomic E-state index is 0.199. The van der Waals surface area contributed by atoms with E-state index in [0.29, 0.717) is 18.8 Å². The zero-order chi connectivity index (χ0) is 16.4. The van der Waals surface area contributed by atoms with E-state index in [2.05, 4.69) is 10.5 Å². The Kier molecular flexibility index (Phi) is 4.51. The van der Waals surface area contributed by atoms with Gasteiger partial charge in [0.15, 0.2) is 11.5 Å². The predicted octanol–water partition coefficient (Wildman–Crippen LogP) is 1.56. The van der Waals surface area contributed by atoms with E-state index < -0.39 is 10.0 Å². The van der Waals surface area contributed by atoms with Gasteiger partial charge in [0, 0.05) is 25.2 Å². The van der Waals surface area contributed by atoms with E-state index in [1.165, 1.54) is 21.9 Å². The number of thiophene rings is 1. The summed E-state index contributed by atoms with van der Waals surface area (Å²) in [5.41, 5.74) is 0.199. The zero-order valence-electron chi connectivity index (χ0n) is 12.6. The van der Waals surface area contributed by atoms with Crippen molar-refractivity contribution in [1.82, 2.24) is 14.8 Å². The lowest BCUT2D eigenvalue weighted by Crippen LogP contribution is -2.49. The van der Waals surface area contributed by atoms with E-state index in [1.807, 2.05) is 17.5 Å². The fraction of sp³-hybridized carbons (Fsp3) is 0.429. The van der Waals surface area contributed by atoms with Crippen LogP contribution in [0.15, 0.2) is 28.1 Å². The molecule has 23 heavy (non-hydrogen) atoms. The van der Waals surface area contributed by atoms with Crippen LogP contribution >= 0.6 is 11.3 Å². The first-order valence-electron chi connectivity index (χ1n) is 7.20. The molecule has 0 spiro atoms. The topological polar surface area (TPSA) is 92.5 Å². The number of nitrogens with one attached hydrogen (secondary N) is 1. The molecule has 1 saturated heterocycles. The molecule has 0 aromatic carbocycles. The highest BCUT2D eigenvalue weighted by molar-refractivity contribution is 7.88. The Balaban J connectivity index is 1.65. The van der Waals surface area contributed by atoms with Crippen LogP contribution in [0.5, 0.6) is 0 Å². The van der Waals surface area contributed by atoms with Gasteiger partial charge in [0.05, 0.1) is 11.1 Å². The Labute approximate surface area is 138 Å². The smallest absolute Gasteiger partial charge is 0.273 e. The molecular weight excluding hydrogens is 338 g/mol. The van der Waals surface area contributed by atoms with E-state index in [1.54, 1.807) is 6.07 Å². The highest BCUT2D eigenvalue weighted by Gasteiger charge is 2.27. The van der Waals surface area contributed by atoms with Crippen LogP contribution in [0.4, 0.5) is 0 Å². The Morgan fingerprint density at radius 3 is 3.04 bits per heavy atom. The van der Waals surface area contributed by atoms with E-state index >= 15 is 0 Å². The Hall–Kier alpha value is -1.71. The van der Waals surface area contributed by atoms with Crippen molar-refractivity contribution in [3.63, 3.8) is 0 Å². The molecule has 1 N–H and O–H groups in total. The fourth-order valence-corrected chi connectivity index (χ4v) is 4.12. The van der Waals surface area contributed by atoms with Crippen molar-refractivity contribution in [3.8, 4) is 10.6 Å². The monoisotopic (exact) mass is 355 g/mol. The average Bonchev–Trinajstić information content (AvgIpc) is 3.18. The quantitative estimate of drug-likeness (QED) is 0.898. The first kappa shape index (κ1) is 16.2. The second-order valence-electron chi connectivity index (χ2n) is 5.49. The molecule has 1 fully saturated rings. The summed E-state index contributed by atoms with van der Waals surface area (Å²) in [6.45, 7) is 0.790. The Morgan fingerprint density at radius 1 is 1.52 bits per heavy atom. The van der Waals surface area contributed by atoms with Crippen LogP contribution in [0.3, 0.4) is 0 Å². The van der Waals surface area contributed by atoms with Crippen LogP contribution in [-0.4, -0.2) is 49.2 Å². The third-order valence-electron chi connectivity index (χ3n) is 3.70. The molecule has 0 radical (unpaired) electrons. The van der Waals surface area contributed by atoms with E-state index in [4.69, 9.17) is 4.52 Å². The van der Waals surface area contributed by atoms with Gasteiger partial charge in [0.1, 0.15) is 0 Å². The molecule has 0 bridgehead atoms. The summed E-state index contributed by atoms with van der Waals surface area (Å²) < 4.78 is 29.8. The van der Waals surface area contributed by atoms with Crippen LogP contribution in [0.25, 0.3) is 10.6 Å². The van der Waals surface area contributed by atoms with E-state index in [9.17, 15) is 13.2 Å². The van der Waals surface area contributed by atoms with Crippen molar-refractivity contribution in [2.24, 2.45) is 0 Å². The SMILES string of the molecule is CS(=O)(=O)N1CCCC(NC(=O)c2cc(-c3cccs3)on2)C1. The molecule has 0 aliphatic carbocycles. The highest BCUT2D eigenvalue weighted by Crippen LogP contribution is 2.25. The average molecular weight is 355 g/mol. The number of amides is 1. The normalized spacial score (nSPS) is 19.6. The maximum atomic E-state index is 12.3. The van der Waals surface area contributed by atoms with Gasteiger partial charge in [-0.2, -0.15) is 0 Å². The molecule has 7 nitrogen and oxygen atoms in total. The van der Waals surface area contributed by atoms with Gasteiger partial charge < -0.3 is 9.84 Å². The van der Waals surface area contributed by atoms with Crippen LogP contribution in [0.1, 0.15) is 23.3 Å². The predicted molar refractivity (Wildman–Crippen MR) is 86.7 cm³/mol. The molecule has 3 heterocycles. The minimum atomic E-state index is -3.24. The number of carbonyl (C=O) groups excluding carboxylic acids is 1. The third-order valence-corrected chi connectivity index (χ3v) is 5.85. The molecule has 2 aromatic heterocycles. The molecule has 1 amide bonds. The molecule has 0 saturated carbocycles. The van der Waals surface area contributed by atoms with Crippen molar-refractivity contribution < 1.29 is 17.7 Å². The maximum Gasteiger partial charge on any atom is 0.273 e. The lowest BCUT2D eigenvalue weighted by atomic mass is 10.1. The van der Waals surface area contributed by atoms with E-state index in [0.717, 1.165) is 17.7 Å². The Morgan fingerprint density at radius 2 is 2.35 bits per heavy atom. The molecule has 2 aromatic rings. The molecule has 1 aliphatic rings. The maximum absolute atomic E-state index is 12.3. The summed E-state index contributed by atoms with van der Waals surface area (Å²) in [4.78, 5) is 13.2. The number of piperidine rings is 1. The fourth-order valence-electron chi connectivity index (χ4n) is 2.54. The summed E-state index contributed by atoms with van der Waals surface area (Å²) in [6, 6.07) is 5.16.